The van der Waals surface area contributed by atoms with Crippen molar-refractivity contribution in [1.29, 1.82) is 0 Å². The van der Waals surface area contributed by atoms with Crippen LogP contribution in [0.5, 0.6) is 0 Å². The lowest BCUT2D eigenvalue weighted by Crippen LogP contribution is -2.40. The van der Waals surface area contributed by atoms with Gasteiger partial charge in [0.05, 0.1) is 6.61 Å². The fraction of sp³-hybridized carbons (Fsp3) is 0.800. The molecule has 1 rings (SSSR count). The zero-order valence-corrected chi connectivity index (χ0v) is 8.78. The lowest BCUT2D eigenvalue weighted by molar-refractivity contribution is -0.152. The molecule has 1 atom stereocenters. The van der Waals surface area contributed by atoms with Gasteiger partial charge in [0.25, 0.3) is 0 Å². The summed E-state index contributed by atoms with van der Waals surface area (Å²) in [6.07, 6.45) is 2.45. The van der Waals surface area contributed by atoms with E-state index in [0.29, 0.717) is 13.2 Å². The Morgan fingerprint density at radius 2 is 2.21 bits per heavy atom. The molecule has 0 bridgehead atoms. The fourth-order valence-corrected chi connectivity index (χ4v) is 1.69. The first-order valence-electron chi connectivity index (χ1n) is 5.10. The van der Waals surface area contributed by atoms with Crippen LogP contribution in [0.2, 0.25) is 0 Å². The number of likely N-dealkylation sites (tertiary alicyclic amines) is 1. The number of hydrogen-bond acceptors (Lipinski definition) is 3. The first-order chi connectivity index (χ1) is 6.66. The van der Waals surface area contributed by atoms with Gasteiger partial charge in [-0.05, 0) is 19.3 Å². The standard InChI is InChI=1S/C10H17NO3/c1-3-7-14-10(13)9-5-4-6-11(9)8(2)12/h9H,3-7H2,1-2H3/t9-/m0/s1. The van der Waals surface area contributed by atoms with E-state index in [-0.39, 0.29) is 17.9 Å². The molecule has 1 fully saturated rings. The Kier molecular flexibility index (Phi) is 3.92. The molecule has 4 nitrogen and oxygen atoms in total. The number of nitrogens with zero attached hydrogens (tertiary/aromatic N) is 1. The molecule has 0 spiro atoms. The summed E-state index contributed by atoms with van der Waals surface area (Å²) in [5.41, 5.74) is 0. The highest BCUT2D eigenvalue weighted by Crippen LogP contribution is 2.18. The summed E-state index contributed by atoms with van der Waals surface area (Å²) < 4.78 is 5.02. The second-order valence-corrected chi connectivity index (χ2v) is 3.54. The highest BCUT2D eigenvalue weighted by molar-refractivity contribution is 5.83. The molecule has 0 aromatic heterocycles. The molecule has 1 aliphatic heterocycles. The smallest absolute Gasteiger partial charge is 0.328 e. The van der Waals surface area contributed by atoms with Crippen LogP contribution in [0.4, 0.5) is 0 Å². The van der Waals surface area contributed by atoms with E-state index in [9.17, 15) is 9.59 Å². The largest absolute Gasteiger partial charge is 0.464 e. The molecule has 14 heavy (non-hydrogen) atoms. The zero-order chi connectivity index (χ0) is 10.6. The van der Waals surface area contributed by atoms with Crippen molar-refractivity contribution >= 4 is 11.9 Å². The maximum Gasteiger partial charge on any atom is 0.328 e. The summed E-state index contributed by atoms with van der Waals surface area (Å²) >= 11 is 0. The van der Waals surface area contributed by atoms with Crippen LogP contribution in [0.25, 0.3) is 0 Å². The molecule has 1 aliphatic rings. The van der Waals surface area contributed by atoms with Crippen LogP contribution in [0.1, 0.15) is 33.1 Å². The Bertz CT molecular complexity index is 227. The van der Waals surface area contributed by atoms with Crippen molar-refractivity contribution in [3.8, 4) is 0 Å². The number of esters is 1. The molecule has 0 aromatic carbocycles. The van der Waals surface area contributed by atoms with Crippen LogP contribution >= 0.6 is 0 Å². The van der Waals surface area contributed by atoms with Gasteiger partial charge in [0.1, 0.15) is 6.04 Å². The zero-order valence-electron chi connectivity index (χ0n) is 8.78. The summed E-state index contributed by atoms with van der Waals surface area (Å²) in [6.45, 7) is 4.57. The van der Waals surface area contributed by atoms with Gasteiger partial charge in [0.2, 0.25) is 5.91 Å². The number of rotatable bonds is 3. The molecular formula is C10H17NO3. The number of ether oxygens (including phenoxy) is 1. The fourth-order valence-electron chi connectivity index (χ4n) is 1.69. The van der Waals surface area contributed by atoms with Crippen LogP contribution in [0.3, 0.4) is 0 Å². The quantitative estimate of drug-likeness (QED) is 0.636. The average molecular weight is 199 g/mol. The van der Waals surface area contributed by atoms with Crippen molar-refractivity contribution in [2.75, 3.05) is 13.2 Å². The Morgan fingerprint density at radius 3 is 2.79 bits per heavy atom. The van der Waals surface area contributed by atoms with Crippen molar-refractivity contribution in [2.24, 2.45) is 0 Å². The second kappa shape index (κ2) is 4.98. The molecule has 0 radical (unpaired) electrons. The van der Waals surface area contributed by atoms with Gasteiger partial charge < -0.3 is 9.64 Å². The predicted octanol–water partition coefficient (Wildman–Crippen LogP) is 0.951. The van der Waals surface area contributed by atoms with Crippen molar-refractivity contribution in [3.05, 3.63) is 0 Å². The highest BCUT2D eigenvalue weighted by Gasteiger charge is 2.33. The topological polar surface area (TPSA) is 46.6 Å². The third-order valence-electron chi connectivity index (χ3n) is 2.38. The van der Waals surface area contributed by atoms with Gasteiger partial charge in [-0.25, -0.2) is 4.79 Å². The molecule has 80 valence electrons. The predicted molar refractivity (Wildman–Crippen MR) is 51.7 cm³/mol. The molecule has 1 heterocycles. The van der Waals surface area contributed by atoms with Crippen molar-refractivity contribution < 1.29 is 14.3 Å². The molecule has 1 saturated heterocycles. The Morgan fingerprint density at radius 1 is 1.50 bits per heavy atom. The monoisotopic (exact) mass is 199 g/mol. The minimum Gasteiger partial charge on any atom is -0.464 e. The molecule has 0 aromatic rings. The molecule has 1 amide bonds. The maximum absolute atomic E-state index is 11.5. The second-order valence-electron chi connectivity index (χ2n) is 3.54. The van der Waals surface area contributed by atoms with E-state index in [1.165, 1.54) is 6.92 Å². The lowest BCUT2D eigenvalue weighted by Gasteiger charge is -2.21. The van der Waals surface area contributed by atoms with E-state index in [2.05, 4.69) is 0 Å². The third kappa shape index (κ3) is 2.47. The van der Waals surface area contributed by atoms with Gasteiger partial charge in [-0.3, -0.25) is 4.79 Å². The van der Waals surface area contributed by atoms with E-state index in [1.54, 1.807) is 4.90 Å². The summed E-state index contributed by atoms with van der Waals surface area (Å²) in [4.78, 5) is 24.3. The van der Waals surface area contributed by atoms with Crippen LogP contribution < -0.4 is 0 Å². The van der Waals surface area contributed by atoms with Gasteiger partial charge in [-0.1, -0.05) is 6.92 Å². The minimum atomic E-state index is -0.334. The summed E-state index contributed by atoms with van der Waals surface area (Å²) in [5.74, 6) is -0.291. The third-order valence-corrected chi connectivity index (χ3v) is 2.38. The first-order valence-corrected chi connectivity index (χ1v) is 5.10. The van der Waals surface area contributed by atoms with Crippen LogP contribution in [-0.4, -0.2) is 36.0 Å². The molecular weight excluding hydrogens is 182 g/mol. The highest BCUT2D eigenvalue weighted by atomic mass is 16.5. The molecule has 4 heteroatoms. The van der Waals surface area contributed by atoms with Gasteiger partial charge in [-0.15, -0.1) is 0 Å². The molecule has 0 N–H and O–H groups in total. The van der Waals surface area contributed by atoms with E-state index in [0.717, 1.165) is 19.3 Å². The van der Waals surface area contributed by atoms with Crippen LogP contribution in [0.15, 0.2) is 0 Å². The Labute approximate surface area is 84.2 Å². The van der Waals surface area contributed by atoms with Crippen LogP contribution in [-0.2, 0) is 14.3 Å². The first kappa shape index (κ1) is 11.0. The minimum absolute atomic E-state index is 0.0408. The lowest BCUT2D eigenvalue weighted by atomic mass is 10.2. The van der Waals surface area contributed by atoms with Gasteiger partial charge in [-0.2, -0.15) is 0 Å². The SMILES string of the molecule is CCCOC(=O)[C@@H]1CCCN1C(C)=O. The maximum atomic E-state index is 11.5. The molecule has 0 aliphatic carbocycles. The van der Waals surface area contributed by atoms with Crippen LogP contribution in [0, 0.1) is 0 Å². The van der Waals surface area contributed by atoms with E-state index in [4.69, 9.17) is 4.74 Å². The van der Waals surface area contributed by atoms with E-state index in [1.807, 2.05) is 6.92 Å². The Hall–Kier alpha value is -1.06. The Balaban J connectivity index is 2.49. The van der Waals surface area contributed by atoms with Gasteiger partial charge in [0, 0.05) is 13.5 Å². The van der Waals surface area contributed by atoms with E-state index < -0.39 is 0 Å². The van der Waals surface area contributed by atoms with E-state index >= 15 is 0 Å². The van der Waals surface area contributed by atoms with Gasteiger partial charge in [0.15, 0.2) is 0 Å². The van der Waals surface area contributed by atoms with Crippen molar-refractivity contribution in [2.45, 2.75) is 39.2 Å². The molecule has 0 saturated carbocycles. The van der Waals surface area contributed by atoms with Crippen molar-refractivity contribution in [3.63, 3.8) is 0 Å². The summed E-state index contributed by atoms with van der Waals surface area (Å²) in [6, 6.07) is -0.334. The van der Waals surface area contributed by atoms with Gasteiger partial charge >= 0.3 is 5.97 Å². The summed E-state index contributed by atoms with van der Waals surface area (Å²) in [7, 11) is 0. The number of carbonyl (C=O) groups is 2. The number of hydrogen-bond donors (Lipinski definition) is 0. The normalized spacial score (nSPS) is 21.0. The molecule has 0 unspecified atom stereocenters. The number of amides is 1. The average Bonchev–Trinajstić information content (AvgIpc) is 2.62. The van der Waals surface area contributed by atoms with Crippen molar-refractivity contribution in [1.82, 2.24) is 4.90 Å². The number of carbonyl (C=O) groups excluding carboxylic acids is 2. The summed E-state index contributed by atoms with van der Waals surface area (Å²) in [5, 5.41) is 0.